The summed E-state index contributed by atoms with van der Waals surface area (Å²) in [5, 5.41) is 7.14. The van der Waals surface area contributed by atoms with Crippen LogP contribution >= 0.6 is 11.3 Å². The van der Waals surface area contributed by atoms with Crippen molar-refractivity contribution in [3.05, 3.63) is 47.0 Å². The highest BCUT2D eigenvalue weighted by Crippen LogP contribution is 2.18. The van der Waals surface area contributed by atoms with Crippen molar-refractivity contribution in [2.75, 3.05) is 5.32 Å². The molecule has 1 aromatic heterocycles. The number of carbonyl (C=O) groups is 3. The van der Waals surface area contributed by atoms with Crippen molar-refractivity contribution in [2.45, 2.75) is 26.5 Å². The molecule has 0 radical (unpaired) electrons. The second kappa shape index (κ2) is 8.95. The highest BCUT2D eigenvalue weighted by atomic mass is 32.1. The van der Waals surface area contributed by atoms with Crippen LogP contribution in [0.4, 0.5) is 9.93 Å². The average Bonchev–Trinajstić information content (AvgIpc) is 3.06. The van der Waals surface area contributed by atoms with Crippen molar-refractivity contribution in [3.63, 3.8) is 0 Å². The summed E-state index contributed by atoms with van der Waals surface area (Å²) in [6, 6.07) is 8.74. The fourth-order valence-electron chi connectivity index (χ4n) is 2.08. The van der Waals surface area contributed by atoms with Crippen LogP contribution in [-0.2, 0) is 16.1 Å². The first-order valence-corrected chi connectivity index (χ1v) is 8.79. The van der Waals surface area contributed by atoms with Gasteiger partial charge in [0.05, 0.1) is 0 Å². The summed E-state index contributed by atoms with van der Waals surface area (Å²) in [5.41, 5.74) is 6.09. The van der Waals surface area contributed by atoms with Crippen LogP contribution in [0, 0.1) is 5.92 Å². The maximum Gasteiger partial charge on any atom is 0.358 e. The largest absolute Gasteiger partial charge is 0.447 e. The first-order chi connectivity index (χ1) is 12.4. The predicted molar refractivity (Wildman–Crippen MR) is 97.7 cm³/mol. The van der Waals surface area contributed by atoms with E-state index in [1.807, 2.05) is 35.6 Å². The normalized spacial score (nSPS) is 11.7. The standard InChI is InChI=1S/C17H20N4O4S/c1-10(2)13(14(22)21-16(18)24)25-15(23)12-9-26-17(20-12)19-8-11-6-4-3-5-7-11/h3-7,9-10,13H,8H2,1-2H3,(H,19,20)(H3,18,21,22,24)/t13-/m0/s1. The average molecular weight is 376 g/mol. The van der Waals surface area contributed by atoms with Crippen molar-refractivity contribution >= 4 is 34.4 Å². The van der Waals surface area contributed by atoms with Gasteiger partial charge in [0.25, 0.3) is 5.91 Å². The molecule has 8 nitrogen and oxygen atoms in total. The van der Waals surface area contributed by atoms with Crippen molar-refractivity contribution in [1.82, 2.24) is 10.3 Å². The number of nitrogens with one attached hydrogen (secondary N) is 2. The van der Waals surface area contributed by atoms with Gasteiger partial charge in [0.1, 0.15) is 0 Å². The van der Waals surface area contributed by atoms with Gasteiger partial charge in [-0.2, -0.15) is 0 Å². The Balaban J connectivity index is 1.97. The van der Waals surface area contributed by atoms with Crippen LogP contribution in [-0.4, -0.2) is 29.0 Å². The van der Waals surface area contributed by atoms with Gasteiger partial charge in [-0.05, 0) is 11.5 Å². The number of hydrogen-bond donors (Lipinski definition) is 3. The summed E-state index contributed by atoms with van der Waals surface area (Å²) < 4.78 is 5.19. The maximum absolute atomic E-state index is 12.2. The van der Waals surface area contributed by atoms with Crippen LogP contribution in [0.1, 0.15) is 29.9 Å². The third kappa shape index (κ3) is 5.55. The number of anilines is 1. The zero-order chi connectivity index (χ0) is 19.1. The monoisotopic (exact) mass is 376 g/mol. The molecule has 0 saturated heterocycles. The van der Waals surface area contributed by atoms with E-state index < -0.39 is 24.0 Å². The zero-order valence-electron chi connectivity index (χ0n) is 14.4. The third-order valence-electron chi connectivity index (χ3n) is 3.34. The molecule has 0 unspecified atom stereocenters. The van der Waals surface area contributed by atoms with Crippen LogP contribution in [0.3, 0.4) is 0 Å². The molecule has 1 heterocycles. The highest BCUT2D eigenvalue weighted by Gasteiger charge is 2.28. The Hall–Kier alpha value is -2.94. The Morgan fingerprint density at radius 3 is 2.54 bits per heavy atom. The summed E-state index contributed by atoms with van der Waals surface area (Å²) >= 11 is 1.25. The number of carbonyl (C=O) groups excluding carboxylic acids is 3. The number of hydrogen-bond acceptors (Lipinski definition) is 7. The zero-order valence-corrected chi connectivity index (χ0v) is 15.2. The van der Waals surface area contributed by atoms with Crippen LogP contribution in [0.15, 0.2) is 35.7 Å². The highest BCUT2D eigenvalue weighted by molar-refractivity contribution is 7.13. The molecule has 9 heteroatoms. The number of rotatable bonds is 7. The molecule has 0 bridgehead atoms. The van der Waals surface area contributed by atoms with E-state index in [9.17, 15) is 14.4 Å². The van der Waals surface area contributed by atoms with Crippen LogP contribution in [0.25, 0.3) is 0 Å². The number of nitrogens with two attached hydrogens (primary N) is 1. The molecule has 0 saturated carbocycles. The molecule has 2 aromatic rings. The van der Waals surface area contributed by atoms with Gasteiger partial charge in [0.2, 0.25) is 0 Å². The molecule has 0 spiro atoms. The smallest absolute Gasteiger partial charge is 0.358 e. The molecular weight excluding hydrogens is 356 g/mol. The Morgan fingerprint density at radius 2 is 1.92 bits per heavy atom. The summed E-state index contributed by atoms with van der Waals surface area (Å²) in [4.78, 5) is 39.1. The number of primary amides is 1. The van der Waals surface area contributed by atoms with Gasteiger partial charge in [-0.15, -0.1) is 11.3 Å². The fourth-order valence-corrected chi connectivity index (χ4v) is 2.76. The number of imide groups is 1. The van der Waals surface area contributed by atoms with Crippen molar-refractivity contribution in [3.8, 4) is 0 Å². The number of nitrogens with zero attached hydrogens (tertiary/aromatic N) is 1. The minimum absolute atomic E-state index is 0.0862. The van der Waals surface area contributed by atoms with Gasteiger partial charge < -0.3 is 15.8 Å². The Labute approximate surface area is 154 Å². The topological polar surface area (TPSA) is 123 Å². The number of thiazole rings is 1. The molecule has 1 aromatic carbocycles. The second-order valence-electron chi connectivity index (χ2n) is 5.80. The van der Waals surface area contributed by atoms with E-state index in [0.29, 0.717) is 11.7 Å². The van der Waals surface area contributed by atoms with E-state index in [2.05, 4.69) is 10.3 Å². The number of urea groups is 1. The molecule has 138 valence electrons. The van der Waals surface area contributed by atoms with Gasteiger partial charge in [-0.25, -0.2) is 14.6 Å². The molecule has 0 aliphatic rings. The van der Waals surface area contributed by atoms with Crippen LogP contribution in [0.2, 0.25) is 0 Å². The number of aromatic nitrogens is 1. The Kier molecular flexibility index (Phi) is 6.67. The lowest BCUT2D eigenvalue weighted by molar-refractivity contribution is -0.130. The number of esters is 1. The third-order valence-corrected chi connectivity index (χ3v) is 4.14. The Morgan fingerprint density at radius 1 is 1.23 bits per heavy atom. The predicted octanol–water partition coefficient (Wildman–Crippen LogP) is 2.13. The molecule has 0 aliphatic heterocycles. The van der Waals surface area contributed by atoms with Crippen LogP contribution in [0.5, 0.6) is 0 Å². The van der Waals surface area contributed by atoms with Crippen molar-refractivity contribution in [2.24, 2.45) is 11.7 Å². The van der Waals surface area contributed by atoms with Crippen molar-refractivity contribution in [1.29, 1.82) is 0 Å². The number of ether oxygens (including phenoxy) is 1. The molecule has 0 fully saturated rings. The summed E-state index contributed by atoms with van der Waals surface area (Å²) in [6.07, 6.45) is -1.14. The van der Waals surface area contributed by atoms with E-state index in [1.54, 1.807) is 19.2 Å². The van der Waals surface area contributed by atoms with E-state index in [-0.39, 0.29) is 11.6 Å². The first-order valence-electron chi connectivity index (χ1n) is 7.91. The minimum atomic E-state index is -1.14. The first kappa shape index (κ1) is 19.4. The second-order valence-corrected chi connectivity index (χ2v) is 6.66. The Bertz CT molecular complexity index is 776. The number of amides is 3. The van der Waals surface area contributed by atoms with Gasteiger partial charge in [-0.3, -0.25) is 10.1 Å². The molecular formula is C17H20N4O4S. The summed E-state index contributed by atoms with van der Waals surface area (Å²) in [5.74, 6) is -1.85. The SMILES string of the molecule is CC(C)[C@H](OC(=O)c1csc(NCc2ccccc2)n1)C(=O)NC(N)=O. The van der Waals surface area contributed by atoms with Crippen LogP contribution < -0.4 is 16.4 Å². The minimum Gasteiger partial charge on any atom is -0.447 e. The molecule has 1 atom stereocenters. The van der Waals surface area contributed by atoms with E-state index >= 15 is 0 Å². The maximum atomic E-state index is 12.2. The molecule has 3 amide bonds. The lowest BCUT2D eigenvalue weighted by atomic mass is 10.1. The van der Waals surface area contributed by atoms with Gasteiger partial charge in [0, 0.05) is 11.9 Å². The quantitative estimate of drug-likeness (QED) is 0.636. The lowest BCUT2D eigenvalue weighted by Gasteiger charge is -2.19. The van der Waals surface area contributed by atoms with Gasteiger partial charge in [-0.1, -0.05) is 44.2 Å². The van der Waals surface area contributed by atoms with E-state index in [4.69, 9.17) is 10.5 Å². The molecule has 4 N–H and O–H groups in total. The van der Waals surface area contributed by atoms with Crippen molar-refractivity contribution < 1.29 is 19.1 Å². The summed E-state index contributed by atoms with van der Waals surface area (Å²) in [6.45, 7) is 3.94. The number of benzene rings is 1. The van der Waals surface area contributed by atoms with E-state index in [1.165, 1.54) is 11.3 Å². The van der Waals surface area contributed by atoms with Gasteiger partial charge >= 0.3 is 12.0 Å². The lowest BCUT2D eigenvalue weighted by Crippen LogP contribution is -2.45. The molecule has 0 aliphatic carbocycles. The fraction of sp³-hybridized carbons (Fsp3) is 0.294. The molecule has 2 rings (SSSR count). The summed E-state index contributed by atoms with van der Waals surface area (Å²) in [7, 11) is 0. The van der Waals surface area contributed by atoms with Gasteiger partial charge in [0.15, 0.2) is 16.9 Å². The molecule has 26 heavy (non-hydrogen) atoms. The van der Waals surface area contributed by atoms with E-state index in [0.717, 1.165) is 5.56 Å².